The summed E-state index contributed by atoms with van der Waals surface area (Å²) in [5.41, 5.74) is 0.154. The highest BCUT2D eigenvalue weighted by molar-refractivity contribution is 4.99. The van der Waals surface area contributed by atoms with Crippen LogP contribution in [0.3, 0.4) is 0 Å². The lowest BCUT2D eigenvalue weighted by Gasteiger charge is -2.54. The molecule has 0 spiro atoms. The van der Waals surface area contributed by atoms with Crippen molar-refractivity contribution in [3.8, 4) is 0 Å². The first kappa shape index (κ1) is 14.2. The van der Waals surface area contributed by atoms with Gasteiger partial charge in [0, 0.05) is 24.2 Å². The van der Waals surface area contributed by atoms with Crippen LogP contribution in [0.1, 0.15) is 41.0 Å². The molecule has 0 aromatic heterocycles. The maximum atomic E-state index is 12.9. The standard InChI is InChI=1S/C14H26F2N2/c1-12(2,3)17-7-11(8-17)6-13(4,5)18-9-14(15,16)10-18/h11H,6-10H2,1-5H3. The SMILES string of the molecule is CC(C)(C)N1CC(CC(C)(C)N2CC(F)(F)C2)C1. The van der Waals surface area contributed by atoms with Gasteiger partial charge in [-0.3, -0.25) is 9.80 Å². The summed E-state index contributed by atoms with van der Waals surface area (Å²) in [6.07, 6.45) is 1.02. The largest absolute Gasteiger partial charge is 0.298 e. The fourth-order valence-corrected chi connectivity index (χ4v) is 3.02. The zero-order valence-corrected chi connectivity index (χ0v) is 12.3. The van der Waals surface area contributed by atoms with Crippen molar-refractivity contribution in [1.29, 1.82) is 0 Å². The van der Waals surface area contributed by atoms with E-state index in [9.17, 15) is 8.78 Å². The van der Waals surface area contributed by atoms with Gasteiger partial charge in [-0.15, -0.1) is 0 Å². The third-order valence-corrected chi connectivity index (χ3v) is 4.39. The third-order valence-electron chi connectivity index (χ3n) is 4.39. The van der Waals surface area contributed by atoms with Crippen LogP contribution in [0.4, 0.5) is 8.78 Å². The molecule has 0 amide bonds. The molecule has 0 N–H and O–H groups in total. The Kier molecular flexibility index (Phi) is 3.26. The first-order valence-corrected chi connectivity index (χ1v) is 6.88. The normalized spacial score (nSPS) is 26.8. The quantitative estimate of drug-likeness (QED) is 0.770. The van der Waals surface area contributed by atoms with E-state index in [4.69, 9.17) is 0 Å². The first-order chi connectivity index (χ1) is 8.00. The molecular formula is C14H26F2N2. The summed E-state index contributed by atoms with van der Waals surface area (Å²) in [5, 5.41) is 0. The van der Waals surface area contributed by atoms with Crippen LogP contribution in [-0.4, -0.2) is 53.0 Å². The fraction of sp³-hybridized carbons (Fsp3) is 1.00. The Morgan fingerprint density at radius 1 is 1.00 bits per heavy atom. The monoisotopic (exact) mass is 260 g/mol. The van der Waals surface area contributed by atoms with Gasteiger partial charge in [-0.2, -0.15) is 0 Å². The molecule has 106 valence electrons. The molecule has 2 saturated heterocycles. The van der Waals surface area contributed by atoms with Gasteiger partial charge in [-0.1, -0.05) is 0 Å². The number of halogens is 2. The third kappa shape index (κ3) is 2.85. The smallest absolute Gasteiger partial charge is 0.272 e. The van der Waals surface area contributed by atoms with Crippen LogP contribution < -0.4 is 0 Å². The van der Waals surface area contributed by atoms with Crippen LogP contribution in [0.15, 0.2) is 0 Å². The predicted octanol–water partition coefficient (Wildman–Crippen LogP) is 2.84. The molecule has 2 nitrogen and oxygen atoms in total. The number of likely N-dealkylation sites (tertiary alicyclic amines) is 2. The molecule has 4 heteroatoms. The zero-order valence-electron chi connectivity index (χ0n) is 12.3. The topological polar surface area (TPSA) is 6.48 Å². The van der Waals surface area contributed by atoms with Crippen LogP contribution in [0, 0.1) is 5.92 Å². The average Bonchev–Trinajstić information content (AvgIpc) is 2.04. The maximum absolute atomic E-state index is 12.9. The Balaban J connectivity index is 1.78. The van der Waals surface area contributed by atoms with Crippen molar-refractivity contribution in [1.82, 2.24) is 9.80 Å². The van der Waals surface area contributed by atoms with Gasteiger partial charge in [-0.25, -0.2) is 8.78 Å². The molecule has 0 atom stereocenters. The van der Waals surface area contributed by atoms with Crippen LogP contribution in [-0.2, 0) is 0 Å². The van der Waals surface area contributed by atoms with Gasteiger partial charge in [0.1, 0.15) is 0 Å². The minimum atomic E-state index is -2.45. The van der Waals surface area contributed by atoms with E-state index in [1.54, 1.807) is 0 Å². The number of hydrogen-bond donors (Lipinski definition) is 0. The van der Waals surface area contributed by atoms with Gasteiger partial charge in [0.25, 0.3) is 5.92 Å². The van der Waals surface area contributed by atoms with E-state index in [0.29, 0.717) is 5.92 Å². The van der Waals surface area contributed by atoms with Gasteiger partial charge < -0.3 is 0 Å². The first-order valence-electron chi connectivity index (χ1n) is 6.88. The van der Waals surface area contributed by atoms with Crippen molar-refractivity contribution >= 4 is 0 Å². The van der Waals surface area contributed by atoms with Crippen molar-refractivity contribution in [3.63, 3.8) is 0 Å². The summed E-state index contributed by atoms with van der Waals surface area (Å²) in [7, 11) is 0. The fourth-order valence-electron chi connectivity index (χ4n) is 3.02. The molecule has 0 aliphatic carbocycles. The van der Waals surface area contributed by atoms with Crippen molar-refractivity contribution in [2.24, 2.45) is 5.92 Å². The second-order valence-electron chi connectivity index (χ2n) is 7.67. The van der Waals surface area contributed by atoms with E-state index in [2.05, 4.69) is 39.5 Å². The minimum Gasteiger partial charge on any atom is -0.298 e. The lowest BCUT2D eigenvalue weighted by molar-refractivity contribution is -0.170. The summed E-state index contributed by atoms with van der Waals surface area (Å²) < 4.78 is 25.8. The Morgan fingerprint density at radius 2 is 1.50 bits per heavy atom. The molecule has 0 radical (unpaired) electrons. The molecular weight excluding hydrogens is 234 g/mol. The maximum Gasteiger partial charge on any atom is 0.272 e. The molecule has 2 rings (SSSR count). The van der Waals surface area contributed by atoms with Gasteiger partial charge in [-0.05, 0) is 47.0 Å². The lowest BCUT2D eigenvalue weighted by atomic mass is 9.81. The second kappa shape index (κ2) is 4.14. The van der Waals surface area contributed by atoms with E-state index in [0.717, 1.165) is 19.5 Å². The van der Waals surface area contributed by atoms with Crippen molar-refractivity contribution in [3.05, 3.63) is 0 Å². The minimum absolute atomic E-state index is 0.0598. The molecule has 0 unspecified atom stereocenters. The predicted molar refractivity (Wildman–Crippen MR) is 70.0 cm³/mol. The van der Waals surface area contributed by atoms with Crippen molar-refractivity contribution < 1.29 is 8.78 Å². The highest BCUT2D eigenvalue weighted by atomic mass is 19.3. The van der Waals surface area contributed by atoms with Gasteiger partial charge in [0.05, 0.1) is 13.1 Å². The average molecular weight is 260 g/mol. The number of alkyl halides is 2. The molecule has 2 aliphatic rings. The van der Waals surface area contributed by atoms with Crippen LogP contribution in [0.5, 0.6) is 0 Å². The summed E-state index contributed by atoms with van der Waals surface area (Å²) in [5.74, 6) is -1.79. The zero-order chi connectivity index (χ0) is 13.8. The molecule has 0 bridgehead atoms. The number of hydrogen-bond acceptors (Lipinski definition) is 2. The van der Waals surface area contributed by atoms with Gasteiger partial charge in [0.2, 0.25) is 0 Å². The molecule has 2 fully saturated rings. The van der Waals surface area contributed by atoms with Gasteiger partial charge in [0.15, 0.2) is 0 Å². The van der Waals surface area contributed by atoms with Gasteiger partial charge >= 0.3 is 0 Å². The summed E-state index contributed by atoms with van der Waals surface area (Å²) in [4.78, 5) is 4.38. The second-order valence-corrected chi connectivity index (χ2v) is 7.67. The van der Waals surface area contributed by atoms with E-state index in [1.165, 1.54) is 0 Å². The molecule has 0 aromatic rings. The van der Waals surface area contributed by atoms with Crippen molar-refractivity contribution in [2.75, 3.05) is 26.2 Å². The van der Waals surface area contributed by atoms with E-state index in [1.807, 2.05) is 4.90 Å². The molecule has 2 aliphatic heterocycles. The highest BCUT2D eigenvalue weighted by Crippen LogP contribution is 2.38. The lowest BCUT2D eigenvalue weighted by Crippen LogP contribution is -2.65. The Bertz CT molecular complexity index is 306. The number of rotatable bonds is 3. The van der Waals surface area contributed by atoms with E-state index < -0.39 is 5.92 Å². The molecule has 0 aromatic carbocycles. The van der Waals surface area contributed by atoms with Crippen molar-refractivity contribution in [2.45, 2.75) is 58.0 Å². The van der Waals surface area contributed by atoms with Crippen LogP contribution in [0.25, 0.3) is 0 Å². The summed E-state index contributed by atoms with van der Waals surface area (Å²) in [6, 6.07) is 0. The Hall–Kier alpha value is -0.220. The number of nitrogens with zero attached hydrogens (tertiary/aromatic N) is 2. The van der Waals surface area contributed by atoms with Crippen LogP contribution in [0.2, 0.25) is 0 Å². The summed E-state index contributed by atoms with van der Waals surface area (Å²) >= 11 is 0. The van der Waals surface area contributed by atoms with E-state index >= 15 is 0 Å². The summed E-state index contributed by atoms with van der Waals surface area (Å²) in [6.45, 7) is 13.0. The molecule has 0 saturated carbocycles. The Morgan fingerprint density at radius 3 is 1.89 bits per heavy atom. The van der Waals surface area contributed by atoms with E-state index in [-0.39, 0.29) is 24.2 Å². The highest BCUT2D eigenvalue weighted by Gasteiger charge is 2.50. The molecule has 18 heavy (non-hydrogen) atoms. The Labute approximate surface area is 109 Å². The molecule has 2 heterocycles. The van der Waals surface area contributed by atoms with Crippen LogP contribution >= 0.6 is 0 Å².